The van der Waals surface area contributed by atoms with Crippen LogP contribution in [0.2, 0.25) is 0 Å². The molecule has 0 saturated carbocycles. The van der Waals surface area contributed by atoms with Gasteiger partial charge in [-0.05, 0) is 49.6 Å². The van der Waals surface area contributed by atoms with Crippen molar-refractivity contribution in [3.63, 3.8) is 0 Å². The quantitative estimate of drug-likeness (QED) is 0.892. The minimum atomic E-state index is -0.266. The first-order valence-corrected chi connectivity index (χ1v) is 6.68. The summed E-state index contributed by atoms with van der Waals surface area (Å²) in [6.45, 7) is 2.83. The molecule has 1 heterocycles. The average molecular weight is 249 g/mol. The van der Waals surface area contributed by atoms with Crippen LogP contribution in [0.3, 0.4) is 0 Å². The Hall–Kier alpha value is -1.22. The number of benzene rings is 1. The first-order chi connectivity index (χ1) is 8.66. The van der Waals surface area contributed by atoms with Crippen LogP contribution in [0.5, 0.6) is 0 Å². The molecule has 0 bridgehead atoms. The highest BCUT2D eigenvalue weighted by atomic mass is 19.1. The van der Waals surface area contributed by atoms with Gasteiger partial charge in [0.25, 0.3) is 0 Å². The predicted molar refractivity (Wildman–Crippen MR) is 70.1 cm³/mol. The average Bonchev–Trinajstić information content (AvgIpc) is 2.62. The Morgan fingerprint density at radius 3 is 3.06 bits per heavy atom. The van der Waals surface area contributed by atoms with Crippen molar-refractivity contribution in [3.05, 3.63) is 35.1 Å². The summed E-state index contributed by atoms with van der Waals surface area (Å²) in [5, 5.41) is 3.29. The monoisotopic (exact) mass is 249 g/mol. The van der Waals surface area contributed by atoms with Crippen LogP contribution in [-0.4, -0.2) is 18.4 Å². The Morgan fingerprint density at radius 1 is 1.39 bits per heavy atom. The Bertz CT molecular complexity index is 423. The molecular formula is C15H20FNO. The maximum Gasteiger partial charge on any atom is 0.154 e. The van der Waals surface area contributed by atoms with Crippen LogP contribution in [0.15, 0.2) is 18.2 Å². The number of carbonyl (C=O) groups is 1. The van der Waals surface area contributed by atoms with Crippen molar-refractivity contribution in [3.8, 4) is 0 Å². The molecule has 2 rings (SSSR count). The van der Waals surface area contributed by atoms with Crippen molar-refractivity contribution < 1.29 is 9.18 Å². The van der Waals surface area contributed by atoms with Gasteiger partial charge in [0.1, 0.15) is 5.82 Å². The van der Waals surface area contributed by atoms with Crippen LogP contribution < -0.4 is 5.32 Å². The van der Waals surface area contributed by atoms with E-state index in [1.165, 1.54) is 18.6 Å². The van der Waals surface area contributed by atoms with Gasteiger partial charge in [0.2, 0.25) is 0 Å². The largest absolute Gasteiger partial charge is 0.307 e. The number of nitrogens with one attached hydrogen (secondary N) is 1. The topological polar surface area (TPSA) is 29.1 Å². The molecule has 0 aromatic heterocycles. The summed E-state index contributed by atoms with van der Waals surface area (Å²) < 4.78 is 13.2. The van der Waals surface area contributed by atoms with E-state index in [0.29, 0.717) is 6.42 Å². The second kappa shape index (κ2) is 6.10. The minimum Gasteiger partial charge on any atom is -0.307 e. The summed E-state index contributed by atoms with van der Waals surface area (Å²) in [6.07, 6.45) is 4.68. The van der Waals surface area contributed by atoms with Crippen LogP contribution in [-0.2, 0) is 11.2 Å². The van der Waals surface area contributed by atoms with Gasteiger partial charge < -0.3 is 5.32 Å². The second-order valence-electron chi connectivity index (χ2n) is 5.07. The fraction of sp³-hybridized carbons (Fsp3) is 0.533. The summed E-state index contributed by atoms with van der Waals surface area (Å²) in [6, 6.07) is 4.60. The van der Waals surface area contributed by atoms with E-state index in [1.54, 1.807) is 6.07 Å². The first-order valence-electron chi connectivity index (χ1n) is 6.68. The zero-order chi connectivity index (χ0) is 13.0. The fourth-order valence-corrected chi connectivity index (χ4v) is 2.44. The molecule has 1 aliphatic heterocycles. The molecule has 1 N–H and O–H groups in total. The molecule has 1 saturated heterocycles. The molecule has 98 valence electrons. The molecule has 0 radical (unpaired) electrons. The van der Waals surface area contributed by atoms with Crippen LogP contribution in [0.25, 0.3) is 0 Å². The van der Waals surface area contributed by atoms with Crippen LogP contribution in [0.4, 0.5) is 4.39 Å². The zero-order valence-electron chi connectivity index (χ0n) is 10.8. The normalized spacial score (nSPS) is 20.4. The lowest BCUT2D eigenvalue weighted by Gasteiger charge is -2.15. The van der Waals surface area contributed by atoms with Gasteiger partial charge in [0.05, 0.1) is 6.04 Å². The number of Topliss-reactive ketones (excluding diaryl/α,β-unsaturated/α-hetero) is 1. The third-order valence-corrected chi connectivity index (χ3v) is 3.62. The molecule has 1 aromatic rings. The number of halogens is 1. The van der Waals surface area contributed by atoms with E-state index in [9.17, 15) is 9.18 Å². The van der Waals surface area contributed by atoms with Gasteiger partial charge >= 0.3 is 0 Å². The van der Waals surface area contributed by atoms with E-state index < -0.39 is 0 Å². The fourth-order valence-electron chi connectivity index (χ4n) is 2.44. The van der Waals surface area contributed by atoms with Crippen LogP contribution in [0, 0.1) is 12.7 Å². The molecular weight excluding hydrogens is 229 g/mol. The van der Waals surface area contributed by atoms with E-state index in [-0.39, 0.29) is 17.6 Å². The molecule has 1 aromatic carbocycles. The third kappa shape index (κ3) is 3.39. The highest BCUT2D eigenvalue weighted by Crippen LogP contribution is 2.15. The summed E-state index contributed by atoms with van der Waals surface area (Å²) in [5.74, 6) is -0.0807. The molecule has 0 aliphatic carbocycles. The SMILES string of the molecule is Cc1ccc(F)cc1CC(=O)C1CCCCCN1. The van der Waals surface area contributed by atoms with E-state index >= 15 is 0 Å². The highest BCUT2D eigenvalue weighted by molar-refractivity contribution is 5.86. The number of aryl methyl sites for hydroxylation is 1. The molecule has 1 atom stereocenters. The smallest absolute Gasteiger partial charge is 0.154 e. The Balaban J connectivity index is 2.03. The van der Waals surface area contributed by atoms with Crippen LogP contribution in [0.1, 0.15) is 36.8 Å². The lowest BCUT2D eigenvalue weighted by molar-refractivity contribution is -0.120. The number of ketones is 1. The number of hydrogen-bond donors (Lipinski definition) is 1. The van der Waals surface area contributed by atoms with Gasteiger partial charge in [-0.25, -0.2) is 4.39 Å². The van der Waals surface area contributed by atoms with Gasteiger partial charge in [0.15, 0.2) is 5.78 Å². The lowest BCUT2D eigenvalue weighted by Crippen LogP contribution is -2.37. The van der Waals surface area contributed by atoms with Gasteiger partial charge in [-0.2, -0.15) is 0 Å². The Kier molecular flexibility index (Phi) is 4.48. The summed E-state index contributed by atoms with van der Waals surface area (Å²) >= 11 is 0. The van der Waals surface area contributed by atoms with Crippen molar-refractivity contribution in [1.82, 2.24) is 5.32 Å². The number of hydrogen-bond acceptors (Lipinski definition) is 2. The van der Waals surface area contributed by atoms with Gasteiger partial charge in [-0.1, -0.05) is 18.9 Å². The first kappa shape index (κ1) is 13.2. The second-order valence-corrected chi connectivity index (χ2v) is 5.07. The predicted octanol–water partition coefficient (Wildman–Crippen LogP) is 2.78. The van der Waals surface area contributed by atoms with E-state index in [0.717, 1.165) is 36.9 Å². The molecule has 18 heavy (non-hydrogen) atoms. The van der Waals surface area contributed by atoms with Gasteiger partial charge in [-0.3, -0.25) is 4.79 Å². The van der Waals surface area contributed by atoms with Crippen molar-refractivity contribution >= 4 is 5.78 Å². The Morgan fingerprint density at radius 2 is 2.22 bits per heavy atom. The number of carbonyl (C=O) groups excluding carboxylic acids is 1. The van der Waals surface area contributed by atoms with Crippen LogP contribution >= 0.6 is 0 Å². The molecule has 2 nitrogen and oxygen atoms in total. The molecule has 1 fully saturated rings. The molecule has 3 heteroatoms. The zero-order valence-corrected chi connectivity index (χ0v) is 10.8. The maximum absolute atomic E-state index is 13.2. The standard InChI is InChI=1S/C15H20FNO/c1-11-6-7-13(16)9-12(11)10-15(18)14-5-3-2-4-8-17-14/h6-7,9,14,17H,2-5,8,10H2,1H3. The van der Waals surface area contributed by atoms with Crippen molar-refractivity contribution in [2.45, 2.75) is 45.1 Å². The maximum atomic E-state index is 13.2. The minimum absolute atomic E-state index is 0.0461. The number of rotatable bonds is 3. The molecule has 0 spiro atoms. The third-order valence-electron chi connectivity index (χ3n) is 3.62. The van der Waals surface area contributed by atoms with Gasteiger partial charge in [0, 0.05) is 6.42 Å². The van der Waals surface area contributed by atoms with Crippen molar-refractivity contribution in [2.24, 2.45) is 0 Å². The summed E-state index contributed by atoms with van der Waals surface area (Å²) in [4.78, 5) is 12.2. The lowest BCUT2D eigenvalue weighted by atomic mass is 9.97. The van der Waals surface area contributed by atoms with E-state index in [4.69, 9.17) is 0 Å². The van der Waals surface area contributed by atoms with Gasteiger partial charge in [-0.15, -0.1) is 0 Å². The van der Waals surface area contributed by atoms with E-state index in [1.807, 2.05) is 6.92 Å². The Labute approximate surface area is 108 Å². The highest BCUT2D eigenvalue weighted by Gasteiger charge is 2.20. The van der Waals surface area contributed by atoms with E-state index in [2.05, 4.69) is 5.32 Å². The molecule has 1 aliphatic rings. The van der Waals surface area contributed by atoms with Crippen molar-refractivity contribution in [1.29, 1.82) is 0 Å². The summed E-state index contributed by atoms with van der Waals surface area (Å²) in [7, 11) is 0. The molecule has 1 unspecified atom stereocenters. The summed E-state index contributed by atoms with van der Waals surface area (Å²) in [5.41, 5.74) is 1.80. The van der Waals surface area contributed by atoms with Crippen molar-refractivity contribution in [2.75, 3.05) is 6.54 Å². The molecule has 0 amide bonds.